The number of aryl methyl sites for hydroxylation is 2. The van der Waals surface area contributed by atoms with Crippen molar-refractivity contribution in [3.8, 4) is 0 Å². The van der Waals surface area contributed by atoms with Gasteiger partial charge in [0.05, 0.1) is 17.9 Å². The first-order chi connectivity index (χ1) is 8.08. The fraction of sp³-hybridized carbons (Fsp3) is 0.300. The van der Waals surface area contributed by atoms with E-state index in [9.17, 15) is 4.79 Å². The molecular formula is C10H12N4O2S. The van der Waals surface area contributed by atoms with E-state index in [2.05, 4.69) is 15.4 Å². The molecule has 0 bridgehead atoms. The van der Waals surface area contributed by atoms with Crippen LogP contribution in [0.1, 0.15) is 21.1 Å². The lowest BCUT2D eigenvalue weighted by Crippen LogP contribution is -2.05. The topological polar surface area (TPSA) is 80.0 Å². The highest BCUT2D eigenvalue weighted by Crippen LogP contribution is 2.22. The van der Waals surface area contributed by atoms with E-state index in [0.717, 1.165) is 17.0 Å². The van der Waals surface area contributed by atoms with Crippen LogP contribution in [0.4, 0.5) is 5.13 Å². The number of carboxylic acids is 1. The summed E-state index contributed by atoms with van der Waals surface area (Å²) in [6.45, 7) is 2.26. The zero-order valence-electron chi connectivity index (χ0n) is 9.47. The van der Waals surface area contributed by atoms with E-state index in [0.29, 0.717) is 17.4 Å². The van der Waals surface area contributed by atoms with Gasteiger partial charge in [-0.15, -0.1) is 0 Å². The first-order valence-electron chi connectivity index (χ1n) is 4.99. The van der Waals surface area contributed by atoms with Crippen molar-refractivity contribution in [3.05, 3.63) is 28.5 Å². The normalized spacial score (nSPS) is 10.5. The van der Waals surface area contributed by atoms with Gasteiger partial charge < -0.3 is 10.4 Å². The van der Waals surface area contributed by atoms with Crippen molar-refractivity contribution in [1.82, 2.24) is 14.8 Å². The van der Waals surface area contributed by atoms with Crippen molar-refractivity contribution < 1.29 is 9.90 Å². The molecule has 7 heteroatoms. The number of anilines is 1. The molecule has 0 aliphatic rings. The molecule has 2 aromatic rings. The lowest BCUT2D eigenvalue weighted by molar-refractivity contribution is 0.0701. The summed E-state index contributed by atoms with van der Waals surface area (Å²) in [7, 11) is 1.85. The molecule has 0 aliphatic carbocycles. The molecule has 0 atom stereocenters. The number of rotatable bonds is 4. The third-order valence-corrected chi connectivity index (χ3v) is 3.44. The zero-order valence-corrected chi connectivity index (χ0v) is 10.3. The van der Waals surface area contributed by atoms with E-state index in [1.807, 2.05) is 13.1 Å². The molecule has 0 saturated heterocycles. The van der Waals surface area contributed by atoms with Gasteiger partial charge in [-0.3, -0.25) is 4.68 Å². The van der Waals surface area contributed by atoms with Gasteiger partial charge in [-0.05, 0) is 13.0 Å². The van der Waals surface area contributed by atoms with Crippen LogP contribution in [0.5, 0.6) is 0 Å². The highest BCUT2D eigenvalue weighted by Gasteiger charge is 2.13. The number of carboxylic acid groups (broad SMARTS) is 1. The number of thiazole rings is 1. The van der Waals surface area contributed by atoms with Gasteiger partial charge in [0.25, 0.3) is 0 Å². The Bertz CT molecular complexity index is 546. The number of nitrogens with zero attached hydrogens (tertiary/aromatic N) is 3. The molecule has 0 aromatic carbocycles. The average Bonchev–Trinajstić information content (AvgIpc) is 2.82. The van der Waals surface area contributed by atoms with Gasteiger partial charge in [0.15, 0.2) is 5.13 Å². The van der Waals surface area contributed by atoms with Crippen molar-refractivity contribution in [2.45, 2.75) is 13.5 Å². The smallest absolute Gasteiger partial charge is 0.347 e. The van der Waals surface area contributed by atoms with Gasteiger partial charge in [0.2, 0.25) is 0 Å². The number of aromatic carboxylic acids is 1. The van der Waals surface area contributed by atoms with E-state index >= 15 is 0 Å². The molecule has 0 spiro atoms. The second-order valence-electron chi connectivity index (χ2n) is 3.54. The van der Waals surface area contributed by atoms with Crippen LogP contribution in [0, 0.1) is 6.92 Å². The molecule has 2 rings (SSSR count). The fourth-order valence-electron chi connectivity index (χ4n) is 1.41. The Labute approximate surface area is 102 Å². The van der Waals surface area contributed by atoms with E-state index in [1.54, 1.807) is 17.8 Å². The lowest BCUT2D eigenvalue weighted by Gasteiger charge is -2.02. The van der Waals surface area contributed by atoms with E-state index in [-0.39, 0.29) is 4.88 Å². The Morgan fingerprint density at radius 2 is 2.41 bits per heavy atom. The maximum absolute atomic E-state index is 10.9. The summed E-state index contributed by atoms with van der Waals surface area (Å²) in [6.07, 6.45) is 1.72. The molecule has 2 heterocycles. The van der Waals surface area contributed by atoms with Crippen LogP contribution in [-0.4, -0.2) is 25.8 Å². The maximum atomic E-state index is 10.9. The van der Waals surface area contributed by atoms with Crippen LogP contribution in [-0.2, 0) is 13.6 Å². The number of hydrogen-bond donors (Lipinski definition) is 2. The second kappa shape index (κ2) is 4.54. The molecule has 0 radical (unpaired) electrons. The van der Waals surface area contributed by atoms with Crippen LogP contribution < -0.4 is 5.32 Å². The van der Waals surface area contributed by atoms with Crippen LogP contribution in [0.15, 0.2) is 12.3 Å². The molecule has 0 amide bonds. The average molecular weight is 252 g/mol. The summed E-state index contributed by atoms with van der Waals surface area (Å²) in [4.78, 5) is 15.3. The SMILES string of the molecule is Cc1nc(NCc2ccnn2C)sc1C(=O)O. The third kappa shape index (κ3) is 2.44. The minimum absolute atomic E-state index is 0.275. The number of hydrogen-bond acceptors (Lipinski definition) is 5. The maximum Gasteiger partial charge on any atom is 0.347 e. The van der Waals surface area contributed by atoms with Gasteiger partial charge in [-0.2, -0.15) is 5.10 Å². The largest absolute Gasteiger partial charge is 0.477 e. The molecule has 0 aliphatic heterocycles. The molecule has 2 N–H and O–H groups in total. The van der Waals surface area contributed by atoms with Crippen molar-refractivity contribution >= 4 is 22.4 Å². The number of nitrogens with one attached hydrogen (secondary N) is 1. The fourth-order valence-corrected chi connectivity index (χ4v) is 2.21. The van der Waals surface area contributed by atoms with Crippen LogP contribution >= 0.6 is 11.3 Å². The Morgan fingerprint density at radius 1 is 1.65 bits per heavy atom. The highest BCUT2D eigenvalue weighted by atomic mass is 32.1. The summed E-state index contributed by atoms with van der Waals surface area (Å²) in [5, 5.41) is 16.6. The molecule has 0 fully saturated rings. The van der Waals surface area contributed by atoms with E-state index in [4.69, 9.17) is 5.11 Å². The van der Waals surface area contributed by atoms with Gasteiger partial charge in [-0.1, -0.05) is 11.3 Å². The zero-order chi connectivity index (χ0) is 12.4. The molecular weight excluding hydrogens is 240 g/mol. The summed E-state index contributed by atoms with van der Waals surface area (Å²) >= 11 is 1.14. The highest BCUT2D eigenvalue weighted by molar-refractivity contribution is 7.17. The summed E-state index contributed by atoms with van der Waals surface area (Å²) in [5.74, 6) is -0.936. The molecule has 90 valence electrons. The number of aromatic nitrogens is 3. The molecule has 6 nitrogen and oxygen atoms in total. The summed E-state index contributed by atoms with van der Waals surface area (Å²) < 4.78 is 1.76. The van der Waals surface area contributed by atoms with Crippen LogP contribution in [0.25, 0.3) is 0 Å². The van der Waals surface area contributed by atoms with Crippen LogP contribution in [0.3, 0.4) is 0 Å². The van der Waals surface area contributed by atoms with Gasteiger partial charge in [0.1, 0.15) is 4.88 Å². The Balaban J connectivity index is 2.07. The number of carbonyl (C=O) groups is 1. The predicted octanol–water partition coefficient (Wildman–Crippen LogP) is 1.50. The Morgan fingerprint density at radius 3 is 2.94 bits per heavy atom. The van der Waals surface area contributed by atoms with Gasteiger partial charge in [-0.25, -0.2) is 9.78 Å². The monoisotopic (exact) mass is 252 g/mol. The first kappa shape index (κ1) is 11.6. The quantitative estimate of drug-likeness (QED) is 0.861. The van der Waals surface area contributed by atoms with E-state index < -0.39 is 5.97 Å². The van der Waals surface area contributed by atoms with Crippen molar-refractivity contribution in [2.75, 3.05) is 5.32 Å². The molecule has 2 aromatic heterocycles. The molecule has 0 unspecified atom stereocenters. The predicted molar refractivity (Wildman–Crippen MR) is 64.3 cm³/mol. The molecule has 17 heavy (non-hydrogen) atoms. The van der Waals surface area contributed by atoms with Crippen molar-refractivity contribution in [2.24, 2.45) is 7.05 Å². The minimum Gasteiger partial charge on any atom is -0.477 e. The minimum atomic E-state index is -0.936. The lowest BCUT2D eigenvalue weighted by atomic mass is 10.4. The summed E-state index contributed by atoms with van der Waals surface area (Å²) in [6, 6.07) is 1.89. The second-order valence-corrected chi connectivity index (χ2v) is 4.54. The van der Waals surface area contributed by atoms with E-state index in [1.165, 1.54) is 0 Å². The Kier molecular flexibility index (Phi) is 3.10. The molecule has 0 saturated carbocycles. The van der Waals surface area contributed by atoms with Gasteiger partial charge in [0, 0.05) is 13.2 Å². The standard InChI is InChI=1S/C10H12N4O2S/c1-6-8(9(15)16)17-10(13-6)11-5-7-3-4-12-14(7)2/h3-4H,5H2,1-2H3,(H,11,13)(H,15,16). The first-order valence-corrected chi connectivity index (χ1v) is 5.81. The summed E-state index contributed by atoms with van der Waals surface area (Å²) in [5.41, 5.74) is 1.55. The van der Waals surface area contributed by atoms with Crippen molar-refractivity contribution in [3.63, 3.8) is 0 Å². The Hall–Kier alpha value is -1.89. The third-order valence-electron chi connectivity index (χ3n) is 2.33. The van der Waals surface area contributed by atoms with Crippen LogP contribution in [0.2, 0.25) is 0 Å². The van der Waals surface area contributed by atoms with Crippen molar-refractivity contribution in [1.29, 1.82) is 0 Å². The van der Waals surface area contributed by atoms with Gasteiger partial charge >= 0.3 is 5.97 Å².